The molecule has 0 bridgehead atoms. The van der Waals surface area contributed by atoms with Gasteiger partial charge in [0.15, 0.2) is 0 Å². The number of nitrogens with one attached hydrogen (secondary N) is 1. The number of hydrogen-bond acceptors (Lipinski definition) is 7. The van der Waals surface area contributed by atoms with Crippen LogP contribution >= 0.6 is 0 Å². The molecule has 128 valence electrons. The average Bonchev–Trinajstić information content (AvgIpc) is 2.62. The van der Waals surface area contributed by atoms with Crippen molar-refractivity contribution in [3.05, 3.63) is 42.1 Å². The van der Waals surface area contributed by atoms with E-state index in [0.29, 0.717) is 17.3 Å². The Morgan fingerprint density at radius 2 is 1.92 bits per heavy atom. The van der Waals surface area contributed by atoms with Gasteiger partial charge >= 0.3 is 0 Å². The van der Waals surface area contributed by atoms with E-state index in [2.05, 4.69) is 44.3 Å². The van der Waals surface area contributed by atoms with E-state index >= 15 is 0 Å². The highest BCUT2D eigenvalue weighted by Gasteiger charge is 2.14. The maximum absolute atomic E-state index is 8.56. The summed E-state index contributed by atoms with van der Waals surface area (Å²) in [6, 6.07) is 10.1. The molecule has 0 unspecified atom stereocenters. The Balaban J connectivity index is 1.66. The van der Waals surface area contributed by atoms with Crippen molar-refractivity contribution < 1.29 is 0 Å². The molecule has 0 aliphatic carbocycles. The first-order valence-corrected chi connectivity index (χ1v) is 8.15. The third-order valence-corrected chi connectivity index (χ3v) is 4.18. The molecule has 2 heterocycles. The lowest BCUT2D eigenvalue weighted by Crippen LogP contribution is -2.44. The lowest BCUT2D eigenvalue weighted by Gasteiger charge is -2.34. The molecular formula is C18H21N7. The van der Waals surface area contributed by atoms with E-state index in [-0.39, 0.29) is 0 Å². The van der Waals surface area contributed by atoms with Gasteiger partial charge in [0.1, 0.15) is 5.82 Å². The Bertz CT molecular complexity index is 784. The van der Waals surface area contributed by atoms with Crippen LogP contribution in [0.25, 0.3) is 6.08 Å². The summed E-state index contributed by atoms with van der Waals surface area (Å²) in [5.74, 6) is 0.761. The Kier molecular flexibility index (Phi) is 5.11. The van der Waals surface area contributed by atoms with Crippen LogP contribution in [0.5, 0.6) is 0 Å². The summed E-state index contributed by atoms with van der Waals surface area (Å²) in [6.45, 7) is 4.25. The maximum Gasteiger partial charge on any atom is 0.229 e. The highest BCUT2D eigenvalue weighted by Crippen LogP contribution is 2.21. The van der Waals surface area contributed by atoms with E-state index in [1.807, 2.05) is 18.2 Å². The molecule has 1 aliphatic rings. The fourth-order valence-electron chi connectivity index (χ4n) is 2.67. The average molecular weight is 335 g/mol. The van der Waals surface area contributed by atoms with Crippen molar-refractivity contribution in [2.24, 2.45) is 0 Å². The van der Waals surface area contributed by atoms with E-state index < -0.39 is 0 Å². The largest absolute Gasteiger partial charge is 0.383 e. The number of nitrogens with zero attached hydrogens (tertiary/aromatic N) is 5. The van der Waals surface area contributed by atoms with Crippen LogP contribution in [0, 0.1) is 11.3 Å². The highest BCUT2D eigenvalue weighted by atomic mass is 15.2. The second kappa shape index (κ2) is 7.64. The molecule has 3 rings (SSSR count). The topological polar surface area (TPSA) is 94.1 Å². The fraction of sp³-hybridized carbons (Fsp3) is 0.278. The molecule has 0 amide bonds. The van der Waals surface area contributed by atoms with Gasteiger partial charge in [-0.1, -0.05) is 0 Å². The van der Waals surface area contributed by atoms with Gasteiger partial charge in [0, 0.05) is 55.4 Å². The van der Waals surface area contributed by atoms with Crippen molar-refractivity contribution in [3.63, 3.8) is 0 Å². The van der Waals surface area contributed by atoms with Gasteiger partial charge in [-0.25, -0.2) is 4.98 Å². The third-order valence-electron chi connectivity index (χ3n) is 4.18. The van der Waals surface area contributed by atoms with E-state index in [1.54, 1.807) is 12.3 Å². The fourth-order valence-corrected chi connectivity index (χ4v) is 2.67. The number of nitrogens with two attached hydrogens (primary N) is 1. The van der Waals surface area contributed by atoms with Crippen LogP contribution in [-0.4, -0.2) is 48.1 Å². The zero-order valence-corrected chi connectivity index (χ0v) is 14.2. The summed E-state index contributed by atoms with van der Waals surface area (Å²) in [4.78, 5) is 13.2. The van der Waals surface area contributed by atoms with Crippen molar-refractivity contribution in [2.45, 2.75) is 0 Å². The summed E-state index contributed by atoms with van der Waals surface area (Å²) >= 11 is 0. The summed E-state index contributed by atoms with van der Waals surface area (Å²) in [6.07, 6.45) is 4.53. The predicted molar refractivity (Wildman–Crippen MR) is 101 cm³/mol. The number of aromatic nitrogens is 2. The van der Waals surface area contributed by atoms with Crippen molar-refractivity contribution in [3.8, 4) is 6.07 Å². The molecule has 1 fully saturated rings. The second-order valence-electron chi connectivity index (χ2n) is 5.96. The molecule has 0 atom stereocenters. The molecule has 0 spiro atoms. The van der Waals surface area contributed by atoms with E-state index in [0.717, 1.165) is 31.9 Å². The molecular weight excluding hydrogens is 314 g/mol. The molecule has 3 N–H and O–H groups in total. The van der Waals surface area contributed by atoms with Crippen molar-refractivity contribution in [1.82, 2.24) is 14.9 Å². The van der Waals surface area contributed by atoms with Crippen LogP contribution in [0.15, 0.2) is 36.5 Å². The minimum atomic E-state index is 0.332. The molecule has 7 heteroatoms. The van der Waals surface area contributed by atoms with Gasteiger partial charge < -0.3 is 20.9 Å². The first kappa shape index (κ1) is 16.7. The molecule has 25 heavy (non-hydrogen) atoms. The number of benzene rings is 1. The molecule has 1 aromatic heterocycles. The van der Waals surface area contributed by atoms with Gasteiger partial charge in [-0.15, -0.1) is 0 Å². The van der Waals surface area contributed by atoms with Crippen LogP contribution in [0.2, 0.25) is 0 Å². The van der Waals surface area contributed by atoms with Gasteiger partial charge in [0.25, 0.3) is 0 Å². The number of allylic oxidation sites excluding steroid dienone is 1. The highest BCUT2D eigenvalue weighted by molar-refractivity contribution is 5.65. The van der Waals surface area contributed by atoms with E-state index in [9.17, 15) is 0 Å². The summed E-state index contributed by atoms with van der Waals surface area (Å²) in [5, 5.41) is 11.7. The molecule has 2 aromatic rings. The summed E-state index contributed by atoms with van der Waals surface area (Å²) in [5.41, 5.74) is 8.63. The molecule has 7 nitrogen and oxygen atoms in total. The van der Waals surface area contributed by atoms with Crippen molar-refractivity contribution in [1.29, 1.82) is 5.26 Å². The minimum absolute atomic E-state index is 0.332. The monoisotopic (exact) mass is 335 g/mol. The van der Waals surface area contributed by atoms with Crippen molar-refractivity contribution >= 4 is 29.2 Å². The quantitative estimate of drug-likeness (QED) is 0.826. The smallest absolute Gasteiger partial charge is 0.229 e. The Morgan fingerprint density at radius 1 is 1.20 bits per heavy atom. The zero-order valence-electron chi connectivity index (χ0n) is 14.2. The molecule has 1 aliphatic heterocycles. The van der Waals surface area contributed by atoms with Gasteiger partial charge in [0.2, 0.25) is 5.95 Å². The first-order chi connectivity index (χ1) is 12.2. The zero-order chi connectivity index (χ0) is 17.6. The van der Waals surface area contributed by atoms with Gasteiger partial charge in [0.05, 0.1) is 6.07 Å². The van der Waals surface area contributed by atoms with Crippen LogP contribution in [-0.2, 0) is 0 Å². The van der Waals surface area contributed by atoms with Crippen molar-refractivity contribution in [2.75, 3.05) is 49.2 Å². The summed E-state index contributed by atoms with van der Waals surface area (Å²) in [7, 11) is 2.15. The van der Waals surface area contributed by atoms with Gasteiger partial charge in [-0.2, -0.15) is 10.2 Å². The number of anilines is 4. The number of hydrogen-bond donors (Lipinski definition) is 2. The minimum Gasteiger partial charge on any atom is -0.383 e. The Hall–Kier alpha value is -3.11. The number of nitrogen functional groups attached to an aromatic ring is 1. The summed E-state index contributed by atoms with van der Waals surface area (Å²) < 4.78 is 0. The standard InChI is InChI=1S/C18H21N7/c1-24-9-11-25(12-10-24)16-6-4-15(5-7-16)22-18-21-13-14(3-2-8-19)17(20)23-18/h2-7,13H,9-12H2,1H3,(H3,20,21,22,23)/b3-2+. The molecule has 1 saturated heterocycles. The molecule has 0 saturated carbocycles. The predicted octanol–water partition coefficient (Wildman–Crippen LogP) is 2.09. The van der Waals surface area contributed by atoms with E-state index in [1.165, 1.54) is 11.8 Å². The molecule has 1 aromatic carbocycles. The maximum atomic E-state index is 8.56. The van der Waals surface area contributed by atoms with Crippen LogP contribution < -0.4 is 16.0 Å². The van der Waals surface area contributed by atoms with Crippen LogP contribution in [0.3, 0.4) is 0 Å². The number of nitriles is 1. The number of likely N-dealkylation sites (N-methyl/N-ethyl adjacent to an activating group) is 1. The lowest BCUT2D eigenvalue weighted by atomic mass is 10.2. The molecule has 0 radical (unpaired) electrons. The van der Waals surface area contributed by atoms with Crippen LogP contribution in [0.1, 0.15) is 5.56 Å². The number of piperazine rings is 1. The first-order valence-electron chi connectivity index (χ1n) is 8.15. The Morgan fingerprint density at radius 3 is 2.56 bits per heavy atom. The lowest BCUT2D eigenvalue weighted by molar-refractivity contribution is 0.313. The third kappa shape index (κ3) is 4.25. The van der Waals surface area contributed by atoms with Crippen LogP contribution in [0.4, 0.5) is 23.1 Å². The normalized spacial score (nSPS) is 15.3. The second-order valence-corrected chi connectivity index (χ2v) is 5.96. The SMILES string of the molecule is CN1CCN(c2ccc(Nc3ncc(/C=C/C#N)c(N)n3)cc2)CC1. The number of rotatable bonds is 4. The van der Waals surface area contributed by atoms with Gasteiger partial charge in [-0.3, -0.25) is 0 Å². The van der Waals surface area contributed by atoms with Gasteiger partial charge in [-0.05, 0) is 37.4 Å². The van der Waals surface area contributed by atoms with E-state index in [4.69, 9.17) is 11.0 Å². The Labute approximate surface area is 147 Å².